The lowest BCUT2D eigenvalue weighted by Crippen LogP contribution is -2.20. The molecular weight excluding hydrogens is 235 g/mol. The van der Waals surface area contributed by atoms with Gasteiger partial charge in [-0.1, -0.05) is 6.92 Å². The molecule has 0 aliphatic heterocycles. The van der Waals surface area contributed by atoms with Crippen LogP contribution >= 0.6 is 0 Å². The Balaban J connectivity index is 2.63. The second kappa shape index (κ2) is 6.96. The number of nitrogens with one attached hydrogen (secondary N) is 1. The fourth-order valence-electron chi connectivity index (χ4n) is 1.46. The van der Waals surface area contributed by atoms with E-state index >= 15 is 0 Å². The maximum atomic E-state index is 13.5. The molecule has 0 aliphatic carbocycles. The molecule has 0 saturated carbocycles. The number of anilines is 1. The standard InChI is InChI=1S/C13H19FN2O2/c1-3-18-12-5-4-10(7-11(12)14)16-13(17)6-9(2)8-15/h4-5,7,9H,3,6,8,15H2,1-2H3,(H,16,17). The number of nitrogens with two attached hydrogens (primary N) is 1. The van der Waals surface area contributed by atoms with E-state index in [9.17, 15) is 9.18 Å². The van der Waals surface area contributed by atoms with Gasteiger partial charge in [0.1, 0.15) is 0 Å². The van der Waals surface area contributed by atoms with E-state index in [4.69, 9.17) is 10.5 Å². The predicted molar refractivity (Wildman–Crippen MR) is 69.0 cm³/mol. The highest BCUT2D eigenvalue weighted by Crippen LogP contribution is 2.21. The molecule has 1 atom stereocenters. The van der Waals surface area contributed by atoms with Crippen LogP contribution in [0.2, 0.25) is 0 Å². The van der Waals surface area contributed by atoms with Gasteiger partial charge in [0.15, 0.2) is 11.6 Å². The minimum Gasteiger partial charge on any atom is -0.491 e. The van der Waals surface area contributed by atoms with Gasteiger partial charge < -0.3 is 15.8 Å². The number of halogens is 1. The van der Waals surface area contributed by atoms with Crippen molar-refractivity contribution in [2.45, 2.75) is 20.3 Å². The van der Waals surface area contributed by atoms with E-state index in [1.54, 1.807) is 13.0 Å². The average molecular weight is 254 g/mol. The Hall–Kier alpha value is -1.62. The molecule has 0 saturated heterocycles. The molecule has 4 nitrogen and oxygen atoms in total. The van der Waals surface area contributed by atoms with Gasteiger partial charge in [0.2, 0.25) is 5.91 Å². The third kappa shape index (κ3) is 4.33. The van der Waals surface area contributed by atoms with Gasteiger partial charge in [-0.3, -0.25) is 4.79 Å². The van der Waals surface area contributed by atoms with E-state index in [0.29, 0.717) is 25.3 Å². The lowest BCUT2D eigenvalue weighted by molar-refractivity contribution is -0.116. The van der Waals surface area contributed by atoms with Crippen LogP contribution in [-0.2, 0) is 4.79 Å². The molecule has 5 heteroatoms. The second-order valence-corrected chi connectivity index (χ2v) is 4.17. The number of amides is 1. The van der Waals surface area contributed by atoms with Crippen molar-refractivity contribution < 1.29 is 13.9 Å². The lowest BCUT2D eigenvalue weighted by atomic mass is 10.1. The van der Waals surface area contributed by atoms with Crippen LogP contribution in [0.5, 0.6) is 5.75 Å². The zero-order valence-corrected chi connectivity index (χ0v) is 10.7. The maximum absolute atomic E-state index is 13.5. The van der Waals surface area contributed by atoms with E-state index in [1.165, 1.54) is 12.1 Å². The highest BCUT2D eigenvalue weighted by atomic mass is 19.1. The predicted octanol–water partition coefficient (Wildman–Crippen LogP) is 2.15. The molecular formula is C13H19FN2O2. The van der Waals surface area contributed by atoms with Crippen LogP contribution < -0.4 is 15.8 Å². The van der Waals surface area contributed by atoms with Crippen molar-refractivity contribution in [3.8, 4) is 5.75 Å². The van der Waals surface area contributed by atoms with Crippen molar-refractivity contribution >= 4 is 11.6 Å². The summed E-state index contributed by atoms with van der Waals surface area (Å²) in [6.45, 7) is 4.52. The zero-order valence-electron chi connectivity index (χ0n) is 10.7. The summed E-state index contributed by atoms with van der Waals surface area (Å²) in [5.74, 6) is -0.360. The van der Waals surface area contributed by atoms with Gasteiger partial charge in [-0.25, -0.2) is 4.39 Å². The first-order valence-electron chi connectivity index (χ1n) is 5.99. The van der Waals surface area contributed by atoms with Crippen LogP contribution in [0.3, 0.4) is 0 Å². The average Bonchev–Trinajstić information content (AvgIpc) is 2.32. The van der Waals surface area contributed by atoms with Crippen molar-refractivity contribution in [1.29, 1.82) is 0 Å². The van der Waals surface area contributed by atoms with Gasteiger partial charge in [-0.15, -0.1) is 0 Å². The normalized spacial score (nSPS) is 12.0. The SMILES string of the molecule is CCOc1ccc(NC(=O)CC(C)CN)cc1F. The molecule has 100 valence electrons. The molecule has 0 bridgehead atoms. The van der Waals surface area contributed by atoms with Gasteiger partial charge in [0.25, 0.3) is 0 Å². The first-order valence-corrected chi connectivity index (χ1v) is 5.99. The van der Waals surface area contributed by atoms with Crippen LogP contribution in [0.4, 0.5) is 10.1 Å². The molecule has 1 rings (SSSR count). The van der Waals surface area contributed by atoms with Crippen LogP contribution in [0.1, 0.15) is 20.3 Å². The molecule has 1 unspecified atom stereocenters. The Morgan fingerprint density at radius 2 is 2.28 bits per heavy atom. The molecule has 3 N–H and O–H groups in total. The summed E-state index contributed by atoms with van der Waals surface area (Å²) in [6, 6.07) is 4.36. The van der Waals surface area contributed by atoms with Crippen LogP contribution in [0.15, 0.2) is 18.2 Å². The zero-order chi connectivity index (χ0) is 13.5. The number of hydrogen-bond acceptors (Lipinski definition) is 3. The van der Waals surface area contributed by atoms with Gasteiger partial charge in [0, 0.05) is 18.2 Å². The molecule has 1 amide bonds. The van der Waals surface area contributed by atoms with Crippen molar-refractivity contribution in [1.82, 2.24) is 0 Å². The van der Waals surface area contributed by atoms with E-state index in [1.807, 2.05) is 6.92 Å². The molecule has 18 heavy (non-hydrogen) atoms. The largest absolute Gasteiger partial charge is 0.491 e. The summed E-state index contributed by atoms with van der Waals surface area (Å²) in [4.78, 5) is 11.6. The third-order valence-corrected chi connectivity index (χ3v) is 2.45. The molecule has 0 radical (unpaired) electrons. The fourth-order valence-corrected chi connectivity index (χ4v) is 1.46. The van der Waals surface area contributed by atoms with Crippen molar-refractivity contribution in [3.05, 3.63) is 24.0 Å². The Morgan fingerprint density at radius 1 is 1.56 bits per heavy atom. The first kappa shape index (κ1) is 14.4. The van der Waals surface area contributed by atoms with Crippen LogP contribution in [-0.4, -0.2) is 19.1 Å². The summed E-state index contributed by atoms with van der Waals surface area (Å²) in [5, 5.41) is 2.63. The fraction of sp³-hybridized carbons (Fsp3) is 0.462. The lowest BCUT2D eigenvalue weighted by Gasteiger charge is -2.10. The van der Waals surface area contributed by atoms with Crippen molar-refractivity contribution in [3.63, 3.8) is 0 Å². The third-order valence-electron chi connectivity index (χ3n) is 2.45. The number of carbonyl (C=O) groups excluding carboxylic acids is 1. The summed E-state index contributed by atoms with van der Waals surface area (Å²) < 4.78 is 18.6. The Bertz CT molecular complexity index is 410. The number of ether oxygens (including phenoxy) is 1. The summed E-state index contributed by atoms with van der Waals surface area (Å²) in [7, 11) is 0. The Morgan fingerprint density at radius 3 is 2.83 bits per heavy atom. The van der Waals surface area contributed by atoms with E-state index < -0.39 is 5.82 Å². The van der Waals surface area contributed by atoms with Gasteiger partial charge in [0.05, 0.1) is 6.61 Å². The van der Waals surface area contributed by atoms with E-state index in [2.05, 4.69) is 5.32 Å². The smallest absolute Gasteiger partial charge is 0.224 e. The molecule has 0 spiro atoms. The maximum Gasteiger partial charge on any atom is 0.224 e. The Labute approximate surface area is 106 Å². The summed E-state index contributed by atoms with van der Waals surface area (Å²) in [6.07, 6.45) is 0.325. The molecule has 0 heterocycles. The molecule has 0 fully saturated rings. The highest BCUT2D eigenvalue weighted by molar-refractivity contribution is 5.90. The monoisotopic (exact) mass is 254 g/mol. The van der Waals surface area contributed by atoms with Crippen LogP contribution in [0.25, 0.3) is 0 Å². The molecule has 1 aromatic rings. The van der Waals surface area contributed by atoms with Crippen LogP contribution in [0, 0.1) is 11.7 Å². The number of rotatable bonds is 6. The summed E-state index contributed by atoms with van der Waals surface area (Å²) >= 11 is 0. The number of carbonyl (C=O) groups is 1. The molecule has 0 aromatic heterocycles. The quantitative estimate of drug-likeness (QED) is 0.817. The van der Waals surface area contributed by atoms with Crippen molar-refractivity contribution in [2.24, 2.45) is 11.7 Å². The first-order chi connectivity index (χ1) is 8.56. The number of benzene rings is 1. The topological polar surface area (TPSA) is 64.3 Å². The van der Waals surface area contributed by atoms with Gasteiger partial charge in [-0.05, 0) is 31.5 Å². The van der Waals surface area contributed by atoms with Gasteiger partial charge >= 0.3 is 0 Å². The number of hydrogen-bond donors (Lipinski definition) is 2. The molecule has 1 aromatic carbocycles. The minimum atomic E-state index is -0.485. The summed E-state index contributed by atoms with van der Waals surface area (Å²) in [5.41, 5.74) is 5.86. The van der Waals surface area contributed by atoms with E-state index in [-0.39, 0.29) is 17.6 Å². The molecule has 0 aliphatic rings. The van der Waals surface area contributed by atoms with Crippen molar-refractivity contribution in [2.75, 3.05) is 18.5 Å². The highest BCUT2D eigenvalue weighted by Gasteiger charge is 2.09. The van der Waals surface area contributed by atoms with Gasteiger partial charge in [-0.2, -0.15) is 0 Å². The van der Waals surface area contributed by atoms with E-state index in [0.717, 1.165) is 0 Å². The Kier molecular flexibility index (Phi) is 5.58. The second-order valence-electron chi connectivity index (χ2n) is 4.17. The minimum absolute atomic E-state index is 0.109.